The average molecular weight is 282 g/mol. The second-order valence-electron chi connectivity index (χ2n) is 4.95. The number of anilines is 1. The van der Waals surface area contributed by atoms with Gasteiger partial charge in [0.05, 0.1) is 5.39 Å². The number of rotatable bonds is 4. The van der Waals surface area contributed by atoms with E-state index in [4.69, 9.17) is 0 Å². The van der Waals surface area contributed by atoms with Crippen LogP contribution in [-0.4, -0.2) is 38.0 Å². The molecule has 106 valence electrons. The van der Waals surface area contributed by atoms with Crippen LogP contribution in [0.3, 0.4) is 0 Å². The van der Waals surface area contributed by atoms with Crippen molar-refractivity contribution in [3.63, 3.8) is 0 Å². The van der Waals surface area contributed by atoms with Crippen LogP contribution in [0.1, 0.15) is 12.8 Å². The molecule has 0 saturated heterocycles. The molecular weight excluding hydrogens is 270 g/mol. The van der Waals surface area contributed by atoms with Gasteiger partial charge in [-0.15, -0.1) is 0 Å². The van der Waals surface area contributed by atoms with Crippen LogP contribution in [0, 0.1) is 5.92 Å². The molecule has 3 N–H and O–H groups in total. The first-order valence-corrected chi connectivity index (χ1v) is 6.11. The number of carbonyl (C=O) groups is 1. The number of nitrogens with zero attached hydrogens (tertiary/aromatic N) is 2. The van der Waals surface area contributed by atoms with E-state index in [0.717, 1.165) is 0 Å². The van der Waals surface area contributed by atoms with Crippen molar-refractivity contribution in [2.45, 2.75) is 24.8 Å². The number of carboxylic acid groups (broad SMARTS) is 1. The van der Waals surface area contributed by atoms with Crippen molar-refractivity contribution < 1.29 is 18.7 Å². The highest BCUT2D eigenvalue weighted by molar-refractivity contribution is 5.89. The number of aliphatic carboxylic acids is 1. The zero-order valence-corrected chi connectivity index (χ0v) is 10.3. The molecule has 0 aliphatic heterocycles. The van der Waals surface area contributed by atoms with E-state index < -0.39 is 36.7 Å². The predicted molar refractivity (Wildman–Crippen MR) is 66.6 cm³/mol. The zero-order chi connectivity index (χ0) is 14.3. The second kappa shape index (κ2) is 4.39. The molecule has 1 fully saturated rings. The molecule has 0 radical (unpaired) electrons. The largest absolute Gasteiger partial charge is 0.480 e. The first-order chi connectivity index (χ1) is 9.46. The topological polar surface area (TPSA) is 90.9 Å². The summed E-state index contributed by atoms with van der Waals surface area (Å²) in [5.41, 5.74) is 0.561. The van der Waals surface area contributed by atoms with Gasteiger partial charge in [-0.1, -0.05) is 0 Å². The minimum atomic E-state index is -2.75. The smallest absolute Gasteiger partial charge is 0.326 e. The van der Waals surface area contributed by atoms with Crippen LogP contribution in [0.5, 0.6) is 0 Å². The number of fused-ring (bicyclic) bond motifs is 1. The van der Waals surface area contributed by atoms with Crippen molar-refractivity contribution in [1.29, 1.82) is 0 Å². The highest BCUT2D eigenvalue weighted by Crippen LogP contribution is 2.44. The number of aromatic nitrogens is 3. The highest BCUT2D eigenvalue weighted by Gasteiger charge is 2.50. The van der Waals surface area contributed by atoms with Crippen molar-refractivity contribution >= 4 is 22.8 Å². The lowest BCUT2D eigenvalue weighted by atomic mass is 9.76. The van der Waals surface area contributed by atoms with Gasteiger partial charge in [0.1, 0.15) is 23.8 Å². The summed E-state index contributed by atoms with van der Waals surface area (Å²) in [6.45, 7) is 0. The minimum Gasteiger partial charge on any atom is -0.480 e. The van der Waals surface area contributed by atoms with Gasteiger partial charge in [-0.05, 0) is 6.07 Å². The maximum absolute atomic E-state index is 12.9. The molecular formula is C12H12F2N4O2. The number of alkyl halides is 2. The van der Waals surface area contributed by atoms with Gasteiger partial charge in [0.2, 0.25) is 5.92 Å². The molecule has 0 amide bonds. The Bertz CT molecular complexity index is 650. The maximum atomic E-state index is 12.9. The summed E-state index contributed by atoms with van der Waals surface area (Å²) in [7, 11) is 0. The van der Waals surface area contributed by atoms with Gasteiger partial charge in [-0.25, -0.2) is 23.5 Å². The number of aromatic amines is 1. The van der Waals surface area contributed by atoms with E-state index >= 15 is 0 Å². The van der Waals surface area contributed by atoms with E-state index in [0.29, 0.717) is 16.9 Å². The SMILES string of the molecule is O=C(O)[C@@H](Nc1ncnc2[nH]ccc12)C1CC(F)(F)C1. The molecule has 2 heterocycles. The minimum absolute atomic E-state index is 0.332. The summed E-state index contributed by atoms with van der Waals surface area (Å²) in [5, 5.41) is 12.6. The fourth-order valence-corrected chi connectivity index (χ4v) is 2.46. The summed E-state index contributed by atoms with van der Waals surface area (Å²) in [6, 6.07) is 0.619. The fourth-order valence-electron chi connectivity index (χ4n) is 2.46. The van der Waals surface area contributed by atoms with E-state index in [1.165, 1.54) is 6.33 Å². The third-order valence-electron chi connectivity index (χ3n) is 3.51. The van der Waals surface area contributed by atoms with Crippen LogP contribution < -0.4 is 5.32 Å². The second-order valence-corrected chi connectivity index (χ2v) is 4.95. The van der Waals surface area contributed by atoms with Crippen LogP contribution >= 0.6 is 0 Å². The van der Waals surface area contributed by atoms with Gasteiger partial charge in [-0.3, -0.25) is 0 Å². The molecule has 0 bridgehead atoms. The number of H-pyrrole nitrogens is 1. The van der Waals surface area contributed by atoms with E-state index in [9.17, 15) is 18.7 Å². The van der Waals surface area contributed by atoms with E-state index in [2.05, 4.69) is 20.3 Å². The van der Waals surface area contributed by atoms with Crippen LogP contribution in [0.2, 0.25) is 0 Å². The standard InChI is InChI=1S/C12H12F2N4O2/c13-12(14)3-6(4-12)8(11(19)20)18-10-7-1-2-15-9(7)16-5-17-10/h1-2,5-6,8H,3-4H2,(H,19,20)(H2,15,16,17,18)/t8-/m0/s1. The Morgan fingerprint density at radius 2 is 2.25 bits per heavy atom. The predicted octanol–water partition coefficient (Wildman–Crippen LogP) is 1.87. The summed E-state index contributed by atoms with van der Waals surface area (Å²) >= 11 is 0. The number of hydrogen-bond acceptors (Lipinski definition) is 4. The van der Waals surface area contributed by atoms with Gasteiger partial charge in [-0.2, -0.15) is 0 Å². The van der Waals surface area contributed by atoms with Gasteiger partial charge < -0.3 is 15.4 Å². The Hall–Kier alpha value is -2.25. The molecule has 20 heavy (non-hydrogen) atoms. The molecule has 0 unspecified atom stereocenters. The Balaban J connectivity index is 1.84. The van der Waals surface area contributed by atoms with Crippen molar-refractivity contribution in [2.24, 2.45) is 5.92 Å². The van der Waals surface area contributed by atoms with Crippen molar-refractivity contribution in [1.82, 2.24) is 15.0 Å². The van der Waals surface area contributed by atoms with Crippen LogP contribution in [0.25, 0.3) is 11.0 Å². The van der Waals surface area contributed by atoms with Gasteiger partial charge >= 0.3 is 5.97 Å². The molecule has 0 spiro atoms. The van der Waals surface area contributed by atoms with E-state index in [1.807, 2.05) is 0 Å². The molecule has 1 atom stereocenters. The lowest BCUT2D eigenvalue weighted by Crippen LogP contribution is -2.48. The van der Waals surface area contributed by atoms with Crippen LogP contribution in [0.4, 0.5) is 14.6 Å². The molecule has 1 saturated carbocycles. The third-order valence-corrected chi connectivity index (χ3v) is 3.51. The molecule has 6 nitrogen and oxygen atoms in total. The van der Waals surface area contributed by atoms with Crippen LogP contribution in [0.15, 0.2) is 18.6 Å². The number of carboxylic acids is 1. The monoisotopic (exact) mass is 282 g/mol. The van der Waals surface area contributed by atoms with Crippen molar-refractivity contribution in [3.8, 4) is 0 Å². The van der Waals surface area contributed by atoms with Gasteiger partial charge in [0, 0.05) is 25.0 Å². The van der Waals surface area contributed by atoms with E-state index in [1.54, 1.807) is 12.3 Å². The normalized spacial score (nSPS) is 19.5. The summed E-state index contributed by atoms with van der Waals surface area (Å²) < 4.78 is 25.8. The van der Waals surface area contributed by atoms with Gasteiger partial charge in [0.15, 0.2) is 0 Å². The van der Waals surface area contributed by atoms with Crippen molar-refractivity contribution in [3.05, 3.63) is 18.6 Å². The molecule has 8 heteroatoms. The summed E-state index contributed by atoms with van der Waals surface area (Å²) in [5.74, 6) is -4.19. The lowest BCUT2D eigenvalue weighted by molar-refractivity contribution is -0.149. The molecule has 1 aliphatic carbocycles. The zero-order valence-electron chi connectivity index (χ0n) is 10.3. The third kappa shape index (κ3) is 2.17. The van der Waals surface area contributed by atoms with Crippen molar-refractivity contribution in [2.75, 3.05) is 5.32 Å². The first-order valence-electron chi connectivity index (χ1n) is 6.11. The summed E-state index contributed by atoms with van der Waals surface area (Å²) in [4.78, 5) is 22.1. The van der Waals surface area contributed by atoms with Gasteiger partial charge in [0.25, 0.3) is 0 Å². The first kappa shape index (κ1) is 12.8. The molecule has 0 aromatic carbocycles. The quantitative estimate of drug-likeness (QED) is 0.796. The fraction of sp³-hybridized carbons (Fsp3) is 0.417. The maximum Gasteiger partial charge on any atom is 0.326 e. The molecule has 2 aromatic rings. The number of halogens is 2. The Kier molecular flexibility index (Phi) is 2.81. The summed E-state index contributed by atoms with van der Waals surface area (Å²) in [6.07, 6.45) is 2.10. The average Bonchev–Trinajstić information content (AvgIpc) is 2.81. The lowest BCUT2D eigenvalue weighted by Gasteiger charge is -2.38. The van der Waals surface area contributed by atoms with Crippen LogP contribution in [-0.2, 0) is 4.79 Å². The number of hydrogen-bond donors (Lipinski definition) is 3. The molecule has 1 aliphatic rings. The van der Waals surface area contributed by atoms with E-state index in [-0.39, 0.29) is 0 Å². The molecule has 3 rings (SSSR count). The highest BCUT2D eigenvalue weighted by atomic mass is 19.3. The Morgan fingerprint density at radius 3 is 2.90 bits per heavy atom. The number of nitrogens with one attached hydrogen (secondary N) is 2. The molecule has 2 aromatic heterocycles. The Labute approximate surface area is 112 Å². The Morgan fingerprint density at radius 1 is 1.50 bits per heavy atom.